The average Bonchev–Trinajstić information content (AvgIpc) is 2.27. The van der Waals surface area contributed by atoms with E-state index < -0.39 is 0 Å². The maximum Gasteiger partial charge on any atom is 0.227 e. The van der Waals surface area contributed by atoms with Crippen molar-refractivity contribution in [3.8, 4) is 0 Å². The Morgan fingerprint density at radius 2 is 2.17 bits per heavy atom. The van der Waals surface area contributed by atoms with Crippen molar-refractivity contribution in [2.75, 3.05) is 19.5 Å². The van der Waals surface area contributed by atoms with Gasteiger partial charge in [-0.3, -0.25) is 4.79 Å². The van der Waals surface area contributed by atoms with Gasteiger partial charge in [0.2, 0.25) is 5.91 Å². The molecule has 3 N–H and O–H groups in total. The van der Waals surface area contributed by atoms with E-state index in [1.54, 1.807) is 7.11 Å². The van der Waals surface area contributed by atoms with E-state index in [9.17, 15) is 4.79 Å². The van der Waals surface area contributed by atoms with Crippen LogP contribution in [-0.4, -0.2) is 25.2 Å². The van der Waals surface area contributed by atoms with Gasteiger partial charge in [0.25, 0.3) is 0 Å². The van der Waals surface area contributed by atoms with Gasteiger partial charge in [-0.25, -0.2) is 0 Å². The Hall–Kier alpha value is -1.55. The van der Waals surface area contributed by atoms with Crippen molar-refractivity contribution in [1.29, 1.82) is 0 Å². The minimum atomic E-state index is -0.375. The summed E-state index contributed by atoms with van der Waals surface area (Å²) in [4.78, 5) is 12.1. The van der Waals surface area contributed by atoms with E-state index in [1.165, 1.54) is 0 Å². The first kappa shape index (κ1) is 14.5. The van der Waals surface area contributed by atoms with Gasteiger partial charge in [0.1, 0.15) is 0 Å². The highest BCUT2D eigenvalue weighted by atomic mass is 16.5. The van der Waals surface area contributed by atoms with Crippen LogP contribution in [0.15, 0.2) is 24.3 Å². The van der Waals surface area contributed by atoms with E-state index in [4.69, 9.17) is 10.5 Å². The standard InChI is InChI=1S/C14H22N2O2/c1-10(11-6-5-7-12(15)8-11)13(17)16-14(2,3)9-18-4/h5-8,10H,9,15H2,1-4H3,(H,16,17). The fourth-order valence-electron chi connectivity index (χ4n) is 1.82. The van der Waals surface area contributed by atoms with Crippen molar-refractivity contribution in [2.45, 2.75) is 32.2 Å². The second-order valence-corrected chi connectivity index (χ2v) is 5.20. The third kappa shape index (κ3) is 4.04. The number of benzene rings is 1. The highest BCUT2D eigenvalue weighted by molar-refractivity contribution is 5.84. The number of ether oxygens (including phenoxy) is 1. The second-order valence-electron chi connectivity index (χ2n) is 5.20. The summed E-state index contributed by atoms with van der Waals surface area (Å²) in [6, 6.07) is 7.40. The van der Waals surface area contributed by atoms with E-state index in [-0.39, 0.29) is 17.4 Å². The maximum atomic E-state index is 12.1. The molecule has 100 valence electrons. The van der Waals surface area contributed by atoms with Crippen LogP contribution in [0.2, 0.25) is 0 Å². The minimum Gasteiger partial charge on any atom is -0.399 e. The van der Waals surface area contributed by atoms with E-state index >= 15 is 0 Å². The van der Waals surface area contributed by atoms with Crippen LogP contribution in [0.3, 0.4) is 0 Å². The Balaban J connectivity index is 2.73. The molecule has 18 heavy (non-hydrogen) atoms. The smallest absolute Gasteiger partial charge is 0.227 e. The lowest BCUT2D eigenvalue weighted by Crippen LogP contribution is -2.48. The van der Waals surface area contributed by atoms with Gasteiger partial charge in [0.15, 0.2) is 0 Å². The highest BCUT2D eigenvalue weighted by Gasteiger charge is 2.24. The first-order valence-corrected chi connectivity index (χ1v) is 6.02. The molecule has 0 fully saturated rings. The molecule has 0 heterocycles. The normalized spacial score (nSPS) is 13.1. The fourth-order valence-corrected chi connectivity index (χ4v) is 1.82. The third-order valence-electron chi connectivity index (χ3n) is 2.77. The van der Waals surface area contributed by atoms with Crippen molar-refractivity contribution < 1.29 is 9.53 Å². The van der Waals surface area contributed by atoms with Crippen molar-refractivity contribution in [3.05, 3.63) is 29.8 Å². The lowest BCUT2D eigenvalue weighted by Gasteiger charge is -2.27. The summed E-state index contributed by atoms with van der Waals surface area (Å²) in [5, 5.41) is 2.97. The summed E-state index contributed by atoms with van der Waals surface area (Å²) in [5.74, 6) is -0.257. The number of rotatable bonds is 5. The van der Waals surface area contributed by atoms with Gasteiger partial charge < -0.3 is 15.8 Å². The Morgan fingerprint density at radius 1 is 1.50 bits per heavy atom. The van der Waals surface area contributed by atoms with E-state index in [0.29, 0.717) is 12.3 Å². The predicted molar refractivity (Wildman–Crippen MR) is 73.4 cm³/mol. The molecule has 0 saturated heterocycles. The van der Waals surface area contributed by atoms with Gasteiger partial charge in [-0.2, -0.15) is 0 Å². The van der Waals surface area contributed by atoms with E-state index in [0.717, 1.165) is 5.56 Å². The first-order chi connectivity index (χ1) is 8.35. The molecule has 0 bridgehead atoms. The largest absolute Gasteiger partial charge is 0.399 e. The molecule has 1 aromatic carbocycles. The lowest BCUT2D eigenvalue weighted by atomic mass is 9.98. The zero-order valence-electron chi connectivity index (χ0n) is 11.5. The molecule has 0 aromatic heterocycles. The van der Waals surface area contributed by atoms with Crippen LogP contribution in [0.1, 0.15) is 32.3 Å². The number of amides is 1. The van der Waals surface area contributed by atoms with Crippen molar-refractivity contribution in [3.63, 3.8) is 0 Å². The molecule has 1 rings (SSSR count). The molecule has 0 saturated carbocycles. The number of anilines is 1. The molecular formula is C14H22N2O2. The summed E-state index contributed by atoms with van der Waals surface area (Å²) in [6.45, 7) is 6.20. The predicted octanol–water partition coefficient (Wildman–Crippen LogP) is 1.91. The van der Waals surface area contributed by atoms with Crippen molar-refractivity contribution in [1.82, 2.24) is 5.32 Å². The first-order valence-electron chi connectivity index (χ1n) is 6.02. The fraction of sp³-hybridized carbons (Fsp3) is 0.500. The number of carbonyl (C=O) groups excluding carboxylic acids is 1. The molecule has 1 amide bonds. The SMILES string of the molecule is COCC(C)(C)NC(=O)C(C)c1cccc(N)c1. The molecule has 4 heteroatoms. The van der Waals surface area contributed by atoms with Crippen LogP contribution in [0.25, 0.3) is 0 Å². The summed E-state index contributed by atoms with van der Waals surface area (Å²) in [6.07, 6.45) is 0. The number of hydrogen-bond donors (Lipinski definition) is 2. The summed E-state index contributed by atoms with van der Waals surface area (Å²) in [5.41, 5.74) is 6.93. The number of carbonyl (C=O) groups is 1. The summed E-state index contributed by atoms with van der Waals surface area (Å²) >= 11 is 0. The quantitative estimate of drug-likeness (QED) is 0.785. The topological polar surface area (TPSA) is 64.3 Å². The monoisotopic (exact) mass is 250 g/mol. The number of methoxy groups -OCH3 is 1. The molecule has 0 spiro atoms. The summed E-state index contributed by atoms with van der Waals surface area (Å²) < 4.78 is 5.08. The van der Waals surface area contributed by atoms with Crippen LogP contribution in [0.4, 0.5) is 5.69 Å². The molecule has 0 aliphatic carbocycles. The van der Waals surface area contributed by atoms with Gasteiger partial charge in [-0.05, 0) is 38.5 Å². The molecule has 4 nitrogen and oxygen atoms in total. The number of nitrogen functional groups attached to an aromatic ring is 1. The van der Waals surface area contributed by atoms with Gasteiger partial charge in [0.05, 0.1) is 18.1 Å². The molecule has 1 unspecified atom stereocenters. The molecule has 0 aliphatic heterocycles. The van der Waals surface area contributed by atoms with Crippen LogP contribution >= 0.6 is 0 Å². The minimum absolute atomic E-state index is 0.0253. The van der Waals surface area contributed by atoms with Crippen LogP contribution in [0.5, 0.6) is 0 Å². The van der Waals surface area contributed by atoms with Gasteiger partial charge in [0, 0.05) is 12.8 Å². The summed E-state index contributed by atoms with van der Waals surface area (Å²) in [7, 11) is 1.62. The number of nitrogens with one attached hydrogen (secondary N) is 1. The number of nitrogens with two attached hydrogens (primary N) is 1. The zero-order valence-corrected chi connectivity index (χ0v) is 11.5. The Labute approximate surface area is 109 Å². The number of hydrogen-bond acceptors (Lipinski definition) is 3. The average molecular weight is 250 g/mol. The van der Waals surface area contributed by atoms with Gasteiger partial charge in [-0.15, -0.1) is 0 Å². The Kier molecular flexibility index (Phi) is 4.73. The molecular weight excluding hydrogens is 228 g/mol. The molecule has 0 radical (unpaired) electrons. The van der Waals surface area contributed by atoms with Crippen molar-refractivity contribution >= 4 is 11.6 Å². The Bertz CT molecular complexity index is 416. The van der Waals surface area contributed by atoms with E-state index in [2.05, 4.69) is 5.32 Å². The van der Waals surface area contributed by atoms with Crippen molar-refractivity contribution in [2.24, 2.45) is 0 Å². The van der Waals surface area contributed by atoms with Gasteiger partial charge >= 0.3 is 0 Å². The molecule has 1 atom stereocenters. The molecule has 1 aromatic rings. The molecule has 0 aliphatic rings. The van der Waals surface area contributed by atoms with Crippen LogP contribution in [-0.2, 0) is 9.53 Å². The van der Waals surface area contributed by atoms with Crippen LogP contribution in [0, 0.1) is 0 Å². The third-order valence-corrected chi connectivity index (χ3v) is 2.77. The van der Waals surface area contributed by atoms with E-state index in [1.807, 2.05) is 45.0 Å². The maximum absolute atomic E-state index is 12.1. The lowest BCUT2D eigenvalue weighted by molar-refractivity contribution is -0.124. The zero-order chi connectivity index (χ0) is 13.8. The highest BCUT2D eigenvalue weighted by Crippen LogP contribution is 2.19. The second kappa shape index (κ2) is 5.87. The van der Waals surface area contributed by atoms with Gasteiger partial charge in [-0.1, -0.05) is 12.1 Å². The Morgan fingerprint density at radius 3 is 2.72 bits per heavy atom. The van der Waals surface area contributed by atoms with Crippen LogP contribution < -0.4 is 11.1 Å².